The van der Waals surface area contributed by atoms with E-state index in [2.05, 4.69) is 10.3 Å². The van der Waals surface area contributed by atoms with Crippen molar-refractivity contribution in [1.29, 1.82) is 0 Å². The number of rotatable bonds is 2. The summed E-state index contributed by atoms with van der Waals surface area (Å²) in [5.74, 6) is -1.33. The number of benzene rings is 1. The molecular formula is C12H10ClN3O3S. The van der Waals surface area contributed by atoms with Crippen LogP contribution >= 0.6 is 22.9 Å². The van der Waals surface area contributed by atoms with E-state index in [-0.39, 0.29) is 19.1 Å². The van der Waals surface area contributed by atoms with E-state index in [9.17, 15) is 9.59 Å². The molecule has 0 saturated carbocycles. The lowest BCUT2D eigenvalue weighted by Gasteiger charge is -2.36. The first-order valence-electron chi connectivity index (χ1n) is 5.88. The minimum Gasteiger partial charge on any atom is -0.481 e. The van der Waals surface area contributed by atoms with E-state index in [4.69, 9.17) is 16.7 Å². The van der Waals surface area contributed by atoms with Crippen molar-refractivity contribution in [2.24, 2.45) is 5.92 Å². The molecule has 3 rings (SSSR count). The third-order valence-electron chi connectivity index (χ3n) is 3.08. The van der Waals surface area contributed by atoms with Crippen LogP contribution in [0.4, 0.5) is 9.93 Å². The fourth-order valence-electron chi connectivity index (χ4n) is 1.92. The van der Waals surface area contributed by atoms with E-state index in [1.54, 1.807) is 18.2 Å². The Morgan fingerprint density at radius 1 is 1.45 bits per heavy atom. The third kappa shape index (κ3) is 2.41. The predicted octanol–water partition coefficient (Wildman–Crippen LogP) is 2.50. The fraction of sp³-hybridized carbons (Fsp3) is 0.250. The highest BCUT2D eigenvalue weighted by atomic mass is 35.5. The maximum Gasteiger partial charge on any atom is 0.323 e. The number of amides is 2. The van der Waals surface area contributed by atoms with Gasteiger partial charge in [-0.15, -0.1) is 0 Å². The minimum atomic E-state index is -0.872. The molecule has 6 nitrogen and oxygen atoms in total. The summed E-state index contributed by atoms with van der Waals surface area (Å²) in [6, 6.07) is 4.98. The van der Waals surface area contributed by atoms with Gasteiger partial charge in [-0.1, -0.05) is 22.9 Å². The Bertz CT molecular complexity index is 696. The largest absolute Gasteiger partial charge is 0.481 e. The lowest BCUT2D eigenvalue weighted by Crippen LogP contribution is -2.54. The van der Waals surface area contributed by atoms with Crippen molar-refractivity contribution in [3.8, 4) is 0 Å². The molecule has 20 heavy (non-hydrogen) atoms. The molecule has 0 unspecified atom stereocenters. The molecule has 1 aromatic heterocycles. The monoisotopic (exact) mass is 311 g/mol. The second kappa shape index (κ2) is 4.92. The van der Waals surface area contributed by atoms with Crippen LogP contribution in [0.5, 0.6) is 0 Å². The number of thiazole rings is 1. The molecule has 1 aliphatic heterocycles. The number of hydrogen-bond donors (Lipinski definition) is 2. The van der Waals surface area contributed by atoms with Gasteiger partial charge in [-0.25, -0.2) is 9.78 Å². The van der Waals surface area contributed by atoms with Crippen LogP contribution in [0.2, 0.25) is 5.02 Å². The number of hydrogen-bond acceptors (Lipinski definition) is 4. The van der Waals surface area contributed by atoms with E-state index >= 15 is 0 Å². The van der Waals surface area contributed by atoms with Gasteiger partial charge in [0.2, 0.25) is 0 Å². The number of carboxylic acids is 1. The molecule has 2 heterocycles. The van der Waals surface area contributed by atoms with Crippen LogP contribution in [0, 0.1) is 5.92 Å². The van der Waals surface area contributed by atoms with E-state index in [1.807, 2.05) is 0 Å². The zero-order valence-corrected chi connectivity index (χ0v) is 11.7. The Balaban J connectivity index is 1.67. The highest BCUT2D eigenvalue weighted by Gasteiger charge is 2.35. The molecule has 0 bridgehead atoms. The maximum atomic E-state index is 11.9. The lowest BCUT2D eigenvalue weighted by atomic mass is 10.0. The van der Waals surface area contributed by atoms with Crippen molar-refractivity contribution in [1.82, 2.24) is 9.88 Å². The maximum absolute atomic E-state index is 11.9. The fourth-order valence-corrected chi connectivity index (χ4v) is 3.05. The van der Waals surface area contributed by atoms with Crippen LogP contribution in [0.1, 0.15) is 0 Å². The zero-order chi connectivity index (χ0) is 14.3. The van der Waals surface area contributed by atoms with Gasteiger partial charge in [0.1, 0.15) is 0 Å². The third-order valence-corrected chi connectivity index (χ3v) is 4.25. The molecule has 104 valence electrons. The van der Waals surface area contributed by atoms with Crippen molar-refractivity contribution in [3.63, 3.8) is 0 Å². The van der Waals surface area contributed by atoms with E-state index in [0.717, 1.165) is 10.2 Å². The average molecular weight is 312 g/mol. The second-order valence-corrected chi connectivity index (χ2v) is 5.97. The molecule has 1 aromatic carbocycles. The van der Waals surface area contributed by atoms with Crippen molar-refractivity contribution in [2.45, 2.75) is 0 Å². The number of fused-ring (bicyclic) bond motifs is 1. The van der Waals surface area contributed by atoms with Crippen LogP contribution < -0.4 is 5.32 Å². The van der Waals surface area contributed by atoms with Crippen molar-refractivity contribution >= 4 is 50.3 Å². The quantitative estimate of drug-likeness (QED) is 0.892. The number of urea groups is 1. The van der Waals surface area contributed by atoms with Gasteiger partial charge in [0.05, 0.1) is 16.1 Å². The standard InChI is InChI=1S/C12H10ClN3O3S/c13-7-1-2-8-9(3-7)20-11(14-8)15-12(19)16-4-6(5-16)10(17)18/h1-3,6H,4-5H2,(H,17,18)(H,14,15,19). The Morgan fingerprint density at radius 2 is 2.20 bits per heavy atom. The summed E-state index contributed by atoms with van der Waals surface area (Å²) in [6.07, 6.45) is 0. The molecule has 0 spiro atoms. The number of anilines is 1. The Labute approximate surface area is 123 Å². The molecule has 8 heteroatoms. The van der Waals surface area contributed by atoms with Gasteiger partial charge in [0.25, 0.3) is 0 Å². The number of carbonyl (C=O) groups excluding carboxylic acids is 1. The molecule has 1 aliphatic rings. The van der Waals surface area contributed by atoms with E-state index in [0.29, 0.717) is 10.2 Å². The molecule has 2 amide bonds. The van der Waals surface area contributed by atoms with Crippen LogP contribution in [0.25, 0.3) is 10.2 Å². The summed E-state index contributed by atoms with van der Waals surface area (Å²) in [5.41, 5.74) is 0.765. The molecule has 2 aromatic rings. The lowest BCUT2D eigenvalue weighted by molar-refractivity contribution is -0.145. The number of carbonyl (C=O) groups is 2. The van der Waals surface area contributed by atoms with Gasteiger partial charge in [-0.05, 0) is 18.2 Å². The summed E-state index contributed by atoms with van der Waals surface area (Å²) < 4.78 is 0.889. The molecule has 2 N–H and O–H groups in total. The summed E-state index contributed by atoms with van der Waals surface area (Å²) in [5, 5.41) is 12.5. The van der Waals surface area contributed by atoms with Gasteiger partial charge in [-0.3, -0.25) is 10.1 Å². The summed E-state index contributed by atoms with van der Waals surface area (Å²) >= 11 is 7.22. The Hall–Kier alpha value is -1.86. The molecule has 0 atom stereocenters. The molecule has 1 saturated heterocycles. The van der Waals surface area contributed by atoms with Gasteiger partial charge >= 0.3 is 12.0 Å². The summed E-state index contributed by atoms with van der Waals surface area (Å²) in [4.78, 5) is 28.3. The average Bonchev–Trinajstić information content (AvgIpc) is 2.67. The number of nitrogens with one attached hydrogen (secondary N) is 1. The first kappa shape index (κ1) is 13.1. The summed E-state index contributed by atoms with van der Waals surface area (Å²) in [6.45, 7) is 0.468. The highest BCUT2D eigenvalue weighted by molar-refractivity contribution is 7.22. The molecule has 0 radical (unpaired) electrons. The van der Waals surface area contributed by atoms with Gasteiger partial charge in [0, 0.05) is 18.1 Å². The molecule has 0 aliphatic carbocycles. The van der Waals surface area contributed by atoms with Crippen LogP contribution in [-0.2, 0) is 4.79 Å². The van der Waals surface area contributed by atoms with E-state index in [1.165, 1.54) is 16.2 Å². The number of halogens is 1. The van der Waals surface area contributed by atoms with Crippen LogP contribution in [0.3, 0.4) is 0 Å². The number of carboxylic acid groups (broad SMARTS) is 1. The van der Waals surface area contributed by atoms with Gasteiger partial charge in [0.15, 0.2) is 5.13 Å². The number of nitrogens with zero attached hydrogens (tertiary/aromatic N) is 2. The summed E-state index contributed by atoms with van der Waals surface area (Å²) in [7, 11) is 0. The van der Waals surface area contributed by atoms with Crippen molar-refractivity contribution < 1.29 is 14.7 Å². The first-order valence-corrected chi connectivity index (χ1v) is 7.07. The second-order valence-electron chi connectivity index (χ2n) is 4.50. The van der Waals surface area contributed by atoms with Crippen molar-refractivity contribution in [2.75, 3.05) is 18.4 Å². The smallest absolute Gasteiger partial charge is 0.323 e. The van der Waals surface area contributed by atoms with Gasteiger partial charge < -0.3 is 10.0 Å². The normalized spacial score (nSPS) is 15.2. The first-order chi connectivity index (χ1) is 9.52. The van der Waals surface area contributed by atoms with Crippen LogP contribution in [0.15, 0.2) is 18.2 Å². The Morgan fingerprint density at radius 3 is 2.90 bits per heavy atom. The minimum absolute atomic E-state index is 0.234. The molecule has 1 fully saturated rings. The van der Waals surface area contributed by atoms with Crippen molar-refractivity contribution in [3.05, 3.63) is 23.2 Å². The molecular weight excluding hydrogens is 302 g/mol. The van der Waals surface area contributed by atoms with Crippen LogP contribution in [-0.4, -0.2) is 40.1 Å². The number of aromatic nitrogens is 1. The highest BCUT2D eigenvalue weighted by Crippen LogP contribution is 2.28. The van der Waals surface area contributed by atoms with E-state index < -0.39 is 11.9 Å². The number of aliphatic carboxylic acids is 1. The zero-order valence-electron chi connectivity index (χ0n) is 10.2. The number of likely N-dealkylation sites (tertiary alicyclic amines) is 1. The Kier molecular flexibility index (Phi) is 3.23. The predicted molar refractivity (Wildman–Crippen MR) is 76.3 cm³/mol. The topological polar surface area (TPSA) is 82.5 Å². The van der Waals surface area contributed by atoms with Gasteiger partial charge in [-0.2, -0.15) is 0 Å². The SMILES string of the molecule is O=C(O)C1CN(C(=O)Nc2nc3ccc(Cl)cc3s2)C1.